The van der Waals surface area contributed by atoms with E-state index in [9.17, 15) is 4.79 Å². The van der Waals surface area contributed by atoms with E-state index in [0.717, 1.165) is 53.1 Å². The van der Waals surface area contributed by atoms with Crippen molar-refractivity contribution >= 4 is 23.5 Å². The first-order chi connectivity index (χ1) is 13.8. The number of amides is 1. The molecule has 1 N–H and O–H groups in total. The second kappa shape index (κ2) is 11.2. The van der Waals surface area contributed by atoms with Gasteiger partial charge in [-0.3, -0.25) is 4.79 Å². The van der Waals surface area contributed by atoms with E-state index < -0.39 is 0 Å². The quantitative estimate of drug-likeness (QED) is 0.473. The molecule has 1 amide bonds. The molecule has 6 nitrogen and oxygen atoms in total. The maximum Gasteiger partial charge on any atom is 0.251 e. The van der Waals surface area contributed by atoms with Gasteiger partial charge in [-0.25, -0.2) is 9.97 Å². The summed E-state index contributed by atoms with van der Waals surface area (Å²) in [6.45, 7) is 8.72. The Hall–Kier alpha value is -2.12. The maximum absolute atomic E-state index is 12.2. The number of hydrogen-bond acceptors (Lipinski definition) is 6. The summed E-state index contributed by atoms with van der Waals surface area (Å²) in [5.41, 5.74) is 3.98. The summed E-state index contributed by atoms with van der Waals surface area (Å²) in [5.74, 6) is 1.74. The lowest BCUT2D eigenvalue weighted by Gasteiger charge is -2.20. The van der Waals surface area contributed by atoms with Crippen molar-refractivity contribution < 1.29 is 4.79 Å². The van der Waals surface area contributed by atoms with Crippen LogP contribution in [0.2, 0.25) is 0 Å². The van der Waals surface area contributed by atoms with Crippen LogP contribution >= 0.6 is 11.8 Å². The minimum Gasteiger partial charge on any atom is -0.359 e. The summed E-state index contributed by atoms with van der Waals surface area (Å²) < 4.78 is 0. The Balaban J connectivity index is 1.98. The molecular formula is C22H33N5OS. The molecule has 1 aromatic heterocycles. The molecule has 0 unspecified atom stereocenters. The van der Waals surface area contributed by atoms with Crippen LogP contribution < -0.4 is 10.2 Å². The minimum absolute atomic E-state index is 0.0350. The molecule has 0 aliphatic heterocycles. The van der Waals surface area contributed by atoms with Crippen molar-refractivity contribution in [3.05, 3.63) is 46.6 Å². The number of anilines is 1. The largest absolute Gasteiger partial charge is 0.359 e. The van der Waals surface area contributed by atoms with Gasteiger partial charge in [0.1, 0.15) is 5.82 Å². The first-order valence-electron chi connectivity index (χ1n) is 10.0. The highest BCUT2D eigenvalue weighted by molar-refractivity contribution is 7.98. The summed E-state index contributed by atoms with van der Waals surface area (Å²) in [7, 11) is 6.06. The average molecular weight is 416 g/mol. The Bertz CT molecular complexity index is 808. The van der Waals surface area contributed by atoms with E-state index in [2.05, 4.69) is 36.1 Å². The first kappa shape index (κ1) is 23.2. The predicted octanol–water partition coefficient (Wildman–Crippen LogP) is 3.52. The van der Waals surface area contributed by atoms with Gasteiger partial charge in [0.25, 0.3) is 5.91 Å². The summed E-state index contributed by atoms with van der Waals surface area (Å²) in [5, 5.41) is 3.72. The fourth-order valence-corrected chi connectivity index (χ4v) is 3.70. The molecule has 1 aromatic carbocycles. The fraction of sp³-hybridized carbons (Fsp3) is 0.500. The number of nitrogens with zero attached hydrogens (tertiary/aromatic N) is 4. The van der Waals surface area contributed by atoms with E-state index in [-0.39, 0.29) is 5.91 Å². The number of aryl methyl sites for hydroxylation is 1. The van der Waals surface area contributed by atoms with Crippen LogP contribution in [0.4, 0.5) is 5.82 Å². The molecular weight excluding hydrogens is 382 g/mol. The minimum atomic E-state index is -0.0350. The topological polar surface area (TPSA) is 61.4 Å². The number of rotatable bonds is 10. The number of benzene rings is 1. The third-order valence-electron chi connectivity index (χ3n) is 4.69. The van der Waals surface area contributed by atoms with Crippen LogP contribution in [0.3, 0.4) is 0 Å². The van der Waals surface area contributed by atoms with Gasteiger partial charge < -0.3 is 15.1 Å². The van der Waals surface area contributed by atoms with Gasteiger partial charge >= 0.3 is 0 Å². The number of carbonyl (C=O) groups excluding carboxylic acids is 1. The molecule has 0 radical (unpaired) electrons. The van der Waals surface area contributed by atoms with E-state index in [4.69, 9.17) is 4.98 Å². The molecule has 0 spiro atoms. The molecule has 0 atom stereocenters. The summed E-state index contributed by atoms with van der Waals surface area (Å²) in [4.78, 5) is 25.8. The van der Waals surface area contributed by atoms with Crippen LogP contribution in [0, 0.1) is 13.8 Å². The summed E-state index contributed by atoms with van der Waals surface area (Å²) >= 11 is 1.62. The second-order valence-corrected chi connectivity index (χ2v) is 8.45. The van der Waals surface area contributed by atoms with Gasteiger partial charge in [0.2, 0.25) is 0 Å². The first-order valence-corrected chi connectivity index (χ1v) is 11.0. The van der Waals surface area contributed by atoms with Gasteiger partial charge in [-0.1, -0.05) is 30.8 Å². The SMILES string of the molecule is CCCN(C)c1nc(SCc2ccc(C(=O)NCCN(C)C)cc2)nc(C)c1C. The van der Waals surface area contributed by atoms with Crippen molar-refractivity contribution in [3.8, 4) is 0 Å². The van der Waals surface area contributed by atoms with Crippen LogP contribution in [0.1, 0.15) is 40.5 Å². The molecule has 2 aromatic rings. The highest BCUT2D eigenvalue weighted by Gasteiger charge is 2.12. The predicted molar refractivity (Wildman–Crippen MR) is 122 cm³/mol. The normalized spacial score (nSPS) is 11.0. The number of likely N-dealkylation sites (N-methyl/N-ethyl adjacent to an activating group) is 1. The molecule has 158 valence electrons. The van der Waals surface area contributed by atoms with E-state index in [1.165, 1.54) is 0 Å². The van der Waals surface area contributed by atoms with E-state index in [0.29, 0.717) is 12.1 Å². The number of thioether (sulfide) groups is 1. The van der Waals surface area contributed by atoms with Crippen LogP contribution in [0.15, 0.2) is 29.4 Å². The zero-order valence-electron chi connectivity index (χ0n) is 18.5. The number of aromatic nitrogens is 2. The van der Waals surface area contributed by atoms with E-state index >= 15 is 0 Å². The molecule has 0 aliphatic carbocycles. The molecule has 0 saturated heterocycles. The highest BCUT2D eigenvalue weighted by Crippen LogP contribution is 2.25. The highest BCUT2D eigenvalue weighted by atomic mass is 32.2. The number of carbonyl (C=O) groups is 1. The zero-order chi connectivity index (χ0) is 21.4. The van der Waals surface area contributed by atoms with Crippen LogP contribution in [0.25, 0.3) is 0 Å². The average Bonchev–Trinajstić information content (AvgIpc) is 2.69. The van der Waals surface area contributed by atoms with Gasteiger partial charge in [-0.05, 0) is 52.1 Å². The lowest BCUT2D eigenvalue weighted by Crippen LogP contribution is -2.31. The Morgan fingerprint density at radius 1 is 1.07 bits per heavy atom. The number of nitrogens with one attached hydrogen (secondary N) is 1. The smallest absolute Gasteiger partial charge is 0.251 e. The molecule has 0 aliphatic rings. The summed E-state index contributed by atoms with van der Waals surface area (Å²) in [6.07, 6.45) is 1.08. The molecule has 0 fully saturated rings. The fourth-order valence-electron chi connectivity index (χ4n) is 2.86. The molecule has 0 saturated carbocycles. The Morgan fingerprint density at radius 2 is 1.76 bits per heavy atom. The Morgan fingerprint density at radius 3 is 2.38 bits per heavy atom. The lowest BCUT2D eigenvalue weighted by molar-refractivity contribution is 0.0951. The van der Waals surface area contributed by atoms with Crippen LogP contribution in [-0.2, 0) is 5.75 Å². The number of hydrogen-bond donors (Lipinski definition) is 1. The van der Waals surface area contributed by atoms with Gasteiger partial charge in [0.15, 0.2) is 5.16 Å². The van der Waals surface area contributed by atoms with Crippen molar-refractivity contribution in [2.75, 3.05) is 45.7 Å². The zero-order valence-corrected chi connectivity index (χ0v) is 19.3. The Labute approximate surface area is 179 Å². The van der Waals surface area contributed by atoms with E-state index in [1.807, 2.05) is 50.2 Å². The van der Waals surface area contributed by atoms with Crippen molar-refractivity contribution in [1.29, 1.82) is 0 Å². The van der Waals surface area contributed by atoms with Crippen molar-refractivity contribution in [2.45, 2.75) is 38.1 Å². The standard InChI is InChI=1S/C22H33N5OS/c1-7-13-27(6)20-16(2)17(3)24-22(25-20)29-15-18-8-10-19(11-9-18)21(28)23-12-14-26(4)5/h8-11H,7,12-15H2,1-6H3,(H,23,28). The van der Waals surface area contributed by atoms with Gasteiger partial charge in [-0.2, -0.15) is 0 Å². The van der Waals surface area contributed by atoms with Crippen LogP contribution in [-0.4, -0.2) is 61.6 Å². The molecule has 2 rings (SSSR count). The van der Waals surface area contributed by atoms with Crippen molar-refractivity contribution in [3.63, 3.8) is 0 Å². The van der Waals surface area contributed by atoms with Crippen LogP contribution in [0.5, 0.6) is 0 Å². The maximum atomic E-state index is 12.2. The van der Waals surface area contributed by atoms with Gasteiger partial charge in [-0.15, -0.1) is 0 Å². The van der Waals surface area contributed by atoms with Crippen molar-refractivity contribution in [1.82, 2.24) is 20.2 Å². The van der Waals surface area contributed by atoms with Gasteiger partial charge in [0, 0.05) is 49.3 Å². The lowest BCUT2D eigenvalue weighted by atomic mass is 10.1. The molecule has 1 heterocycles. The molecule has 0 bridgehead atoms. The van der Waals surface area contributed by atoms with Gasteiger partial charge in [0.05, 0.1) is 0 Å². The monoisotopic (exact) mass is 415 g/mol. The van der Waals surface area contributed by atoms with E-state index in [1.54, 1.807) is 11.8 Å². The third kappa shape index (κ3) is 7.01. The van der Waals surface area contributed by atoms with Crippen molar-refractivity contribution in [2.24, 2.45) is 0 Å². The third-order valence-corrected chi connectivity index (χ3v) is 5.61. The molecule has 7 heteroatoms. The second-order valence-electron chi connectivity index (χ2n) is 7.51. The Kier molecular flexibility index (Phi) is 8.92. The molecule has 29 heavy (non-hydrogen) atoms. The summed E-state index contributed by atoms with van der Waals surface area (Å²) in [6, 6.07) is 7.75.